The van der Waals surface area contributed by atoms with E-state index in [1.165, 1.54) is 44.1 Å². The molecule has 0 amide bonds. The van der Waals surface area contributed by atoms with Crippen molar-refractivity contribution in [1.82, 2.24) is 0 Å². The minimum atomic E-state index is -0.192. The van der Waals surface area contributed by atoms with Gasteiger partial charge in [-0.3, -0.25) is 10.1 Å². The molecule has 1 aromatic carbocycles. The molecule has 5 rings (SSSR count). The minimum absolute atomic E-state index is 0.192. The Kier molecular flexibility index (Phi) is 2.88. The Bertz CT molecular complexity index is 558. The van der Waals surface area contributed by atoms with Crippen molar-refractivity contribution >= 4 is 5.69 Å². The van der Waals surface area contributed by atoms with E-state index in [0.717, 1.165) is 29.7 Å². The SMILES string of the molecule is CCc1ccc(C23CC4CC(CC(C4)C2)C3)cc1[N+](=O)[O-]. The zero-order valence-electron chi connectivity index (χ0n) is 12.7. The number of nitro benzene ring substituents is 1. The molecule has 21 heavy (non-hydrogen) atoms. The molecule has 4 fully saturated rings. The van der Waals surface area contributed by atoms with E-state index in [1.807, 2.05) is 19.1 Å². The van der Waals surface area contributed by atoms with Gasteiger partial charge in [-0.25, -0.2) is 0 Å². The van der Waals surface area contributed by atoms with Crippen LogP contribution in [0, 0.1) is 27.9 Å². The fourth-order valence-electron chi connectivity index (χ4n) is 5.83. The van der Waals surface area contributed by atoms with E-state index in [-0.39, 0.29) is 10.3 Å². The molecule has 112 valence electrons. The van der Waals surface area contributed by atoms with Gasteiger partial charge in [-0.05, 0) is 73.7 Å². The Labute approximate surface area is 125 Å². The van der Waals surface area contributed by atoms with Gasteiger partial charge in [0, 0.05) is 11.6 Å². The lowest BCUT2D eigenvalue weighted by atomic mass is 9.48. The summed E-state index contributed by atoms with van der Waals surface area (Å²) in [7, 11) is 0. The Morgan fingerprint density at radius 2 is 1.71 bits per heavy atom. The molecule has 1 aromatic rings. The molecule has 3 heteroatoms. The quantitative estimate of drug-likeness (QED) is 0.600. The molecular weight excluding hydrogens is 262 g/mol. The van der Waals surface area contributed by atoms with Crippen LogP contribution < -0.4 is 0 Å². The lowest BCUT2D eigenvalue weighted by Crippen LogP contribution is -2.48. The standard InChI is InChI=1S/C18H23NO2/c1-2-15-3-4-16(8-17(15)19(20)21)18-9-12-5-13(10-18)7-14(6-12)11-18/h3-4,8,12-14H,2,5-7,9-11H2,1H3. The maximum Gasteiger partial charge on any atom is 0.272 e. The van der Waals surface area contributed by atoms with Gasteiger partial charge in [0.05, 0.1) is 4.92 Å². The van der Waals surface area contributed by atoms with Gasteiger partial charge in [-0.15, -0.1) is 0 Å². The average Bonchev–Trinajstić information content (AvgIpc) is 2.45. The zero-order valence-corrected chi connectivity index (χ0v) is 12.7. The highest BCUT2D eigenvalue weighted by atomic mass is 16.6. The van der Waals surface area contributed by atoms with Crippen LogP contribution >= 0.6 is 0 Å². The molecule has 0 spiro atoms. The second-order valence-corrected chi connectivity index (χ2v) is 7.65. The van der Waals surface area contributed by atoms with Crippen LogP contribution in [0.4, 0.5) is 5.69 Å². The van der Waals surface area contributed by atoms with E-state index in [1.54, 1.807) is 0 Å². The van der Waals surface area contributed by atoms with Crippen LogP contribution in [-0.2, 0) is 11.8 Å². The maximum absolute atomic E-state index is 11.4. The first-order valence-electron chi connectivity index (χ1n) is 8.37. The Hall–Kier alpha value is -1.38. The molecule has 0 unspecified atom stereocenters. The van der Waals surface area contributed by atoms with Gasteiger partial charge < -0.3 is 0 Å². The first kappa shape index (κ1) is 13.3. The summed E-state index contributed by atoms with van der Waals surface area (Å²) in [6, 6.07) is 6.11. The summed E-state index contributed by atoms with van der Waals surface area (Å²) < 4.78 is 0. The van der Waals surface area contributed by atoms with Crippen molar-refractivity contribution in [3.63, 3.8) is 0 Å². The van der Waals surface area contributed by atoms with Crippen molar-refractivity contribution in [1.29, 1.82) is 0 Å². The zero-order chi connectivity index (χ0) is 14.6. The molecule has 0 aliphatic heterocycles. The second kappa shape index (κ2) is 4.56. The molecule has 4 aliphatic carbocycles. The smallest absolute Gasteiger partial charge is 0.258 e. The van der Waals surface area contributed by atoms with Crippen LogP contribution in [0.1, 0.15) is 56.6 Å². The van der Waals surface area contributed by atoms with Crippen LogP contribution in [0.2, 0.25) is 0 Å². The minimum Gasteiger partial charge on any atom is -0.258 e. The summed E-state index contributed by atoms with van der Waals surface area (Å²) in [6.07, 6.45) is 8.76. The van der Waals surface area contributed by atoms with Gasteiger partial charge in [-0.2, -0.15) is 0 Å². The highest BCUT2D eigenvalue weighted by Crippen LogP contribution is 2.60. The molecule has 4 bridgehead atoms. The molecule has 4 aliphatic rings. The molecule has 0 atom stereocenters. The largest absolute Gasteiger partial charge is 0.272 e. The fourth-order valence-corrected chi connectivity index (χ4v) is 5.83. The van der Waals surface area contributed by atoms with Crippen molar-refractivity contribution in [2.24, 2.45) is 17.8 Å². The van der Waals surface area contributed by atoms with E-state index in [2.05, 4.69) is 6.07 Å². The van der Waals surface area contributed by atoms with E-state index in [9.17, 15) is 10.1 Å². The predicted octanol–water partition coefficient (Wildman–Crippen LogP) is 4.63. The van der Waals surface area contributed by atoms with Gasteiger partial charge >= 0.3 is 0 Å². The Morgan fingerprint density at radius 3 is 2.19 bits per heavy atom. The molecule has 0 heterocycles. The molecule has 4 saturated carbocycles. The van der Waals surface area contributed by atoms with E-state index < -0.39 is 0 Å². The third-order valence-electron chi connectivity index (χ3n) is 6.31. The lowest BCUT2D eigenvalue weighted by molar-refractivity contribution is -0.385. The topological polar surface area (TPSA) is 43.1 Å². The molecule has 0 N–H and O–H groups in total. The highest BCUT2D eigenvalue weighted by molar-refractivity contribution is 5.46. The highest BCUT2D eigenvalue weighted by Gasteiger charge is 2.51. The first-order chi connectivity index (χ1) is 10.1. The third-order valence-corrected chi connectivity index (χ3v) is 6.31. The van der Waals surface area contributed by atoms with E-state index in [0.29, 0.717) is 5.69 Å². The number of nitrogens with zero attached hydrogens (tertiary/aromatic N) is 1. The number of hydrogen-bond donors (Lipinski definition) is 0. The lowest BCUT2D eigenvalue weighted by Gasteiger charge is -2.57. The maximum atomic E-state index is 11.4. The van der Waals surface area contributed by atoms with Crippen molar-refractivity contribution in [3.8, 4) is 0 Å². The summed E-state index contributed by atoms with van der Waals surface area (Å²) in [6.45, 7) is 1.99. The third kappa shape index (κ3) is 2.01. The summed E-state index contributed by atoms with van der Waals surface area (Å²) in [5.41, 5.74) is 2.72. The fraction of sp³-hybridized carbons (Fsp3) is 0.667. The second-order valence-electron chi connectivity index (χ2n) is 7.65. The van der Waals surface area contributed by atoms with Crippen LogP contribution in [0.25, 0.3) is 0 Å². The number of rotatable bonds is 3. The van der Waals surface area contributed by atoms with Crippen LogP contribution in [0.5, 0.6) is 0 Å². The van der Waals surface area contributed by atoms with Gasteiger partial charge in [0.1, 0.15) is 0 Å². The van der Waals surface area contributed by atoms with Crippen LogP contribution in [-0.4, -0.2) is 4.92 Å². The van der Waals surface area contributed by atoms with Crippen molar-refractivity contribution in [3.05, 3.63) is 39.4 Å². The van der Waals surface area contributed by atoms with Crippen LogP contribution in [0.3, 0.4) is 0 Å². The number of benzene rings is 1. The number of nitro groups is 1. The van der Waals surface area contributed by atoms with E-state index >= 15 is 0 Å². The summed E-state index contributed by atoms with van der Waals surface area (Å²) in [4.78, 5) is 11.2. The van der Waals surface area contributed by atoms with Gasteiger partial charge in [0.2, 0.25) is 0 Å². The van der Waals surface area contributed by atoms with Crippen LogP contribution in [0.15, 0.2) is 18.2 Å². The molecule has 0 aromatic heterocycles. The monoisotopic (exact) mass is 285 g/mol. The summed E-state index contributed by atoms with van der Waals surface area (Å²) in [5, 5.41) is 11.4. The molecule has 0 radical (unpaired) electrons. The molecule has 3 nitrogen and oxygen atoms in total. The van der Waals surface area contributed by atoms with Gasteiger partial charge in [-0.1, -0.05) is 19.1 Å². The first-order valence-corrected chi connectivity index (χ1v) is 8.37. The normalized spacial score (nSPS) is 36.9. The molecular formula is C18H23NO2. The average molecular weight is 285 g/mol. The van der Waals surface area contributed by atoms with Crippen molar-refractivity contribution < 1.29 is 4.92 Å². The Balaban J connectivity index is 1.76. The predicted molar refractivity (Wildman–Crippen MR) is 82.3 cm³/mol. The van der Waals surface area contributed by atoms with E-state index in [4.69, 9.17) is 0 Å². The summed E-state index contributed by atoms with van der Waals surface area (Å²) in [5.74, 6) is 2.63. The number of aryl methyl sites for hydroxylation is 1. The number of hydrogen-bond acceptors (Lipinski definition) is 2. The Morgan fingerprint density at radius 1 is 1.14 bits per heavy atom. The van der Waals surface area contributed by atoms with Crippen molar-refractivity contribution in [2.45, 2.75) is 57.3 Å². The van der Waals surface area contributed by atoms with Crippen molar-refractivity contribution in [2.75, 3.05) is 0 Å². The van der Waals surface area contributed by atoms with Gasteiger partial charge in [0.15, 0.2) is 0 Å². The van der Waals surface area contributed by atoms with Gasteiger partial charge in [0.25, 0.3) is 5.69 Å². The molecule has 0 saturated heterocycles. The summed E-state index contributed by atoms with van der Waals surface area (Å²) >= 11 is 0.